The van der Waals surface area contributed by atoms with Crippen molar-refractivity contribution in [1.82, 2.24) is 5.32 Å². The quantitative estimate of drug-likeness (QED) is 0.701. The summed E-state index contributed by atoms with van der Waals surface area (Å²) in [5.41, 5.74) is 5.78. The standard InChI is InChI=1S/C11H24N2OS/c1-5-15-7-9(4)13-11(14)10(12)6-8(2)3/h8-10H,5-7,12H2,1-4H3,(H,13,14)/t9?,10-/m1/s1. The summed E-state index contributed by atoms with van der Waals surface area (Å²) < 4.78 is 0. The number of thioether (sulfide) groups is 1. The number of nitrogens with one attached hydrogen (secondary N) is 1. The van der Waals surface area contributed by atoms with E-state index >= 15 is 0 Å². The lowest BCUT2D eigenvalue weighted by Gasteiger charge is -2.18. The van der Waals surface area contributed by atoms with Gasteiger partial charge in [-0.1, -0.05) is 20.8 Å². The second-order valence-electron chi connectivity index (χ2n) is 4.31. The first kappa shape index (κ1) is 14.8. The van der Waals surface area contributed by atoms with Gasteiger partial charge in [0.2, 0.25) is 5.91 Å². The van der Waals surface area contributed by atoms with Crippen molar-refractivity contribution in [1.29, 1.82) is 0 Å². The molecule has 15 heavy (non-hydrogen) atoms. The molecule has 3 nitrogen and oxygen atoms in total. The molecule has 0 heterocycles. The van der Waals surface area contributed by atoms with Gasteiger partial charge in [0.15, 0.2) is 0 Å². The Balaban J connectivity index is 3.80. The highest BCUT2D eigenvalue weighted by atomic mass is 32.2. The molecule has 0 rings (SSSR count). The molecular formula is C11H24N2OS. The minimum Gasteiger partial charge on any atom is -0.351 e. The van der Waals surface area contributed by atoms with E-state index < -0.39 is 0 Å². The van der Waals surface area contributed by atoms with Gasteiger partial charge >= 0.3 is 0 Å². The predicted molar refractivity (Wildman–Crippen MR) is 68.0 cm³/mol. The zero-order valence-electron chi connectivity index (χ0n) is 10.2. The molecule has 1 unspecified atom stereocenters. The highest BCUT2D eigenvalue weighted by Crippen LogP contribution is 2.04. The zero-order chi connectivity index (χ0) is 11.8. The van der Waals surface area contributed by atoms with E-state index in [1.807, 2.05) is 18.7 Å². The summed E-state index contributed by atoms with van der Waals surface area (Å²) in [7, 11) is 0. The Kier molecular flexibility index (Phi) is 7.88. The van der Waals surface area contributed by atoms with E-state index in [0.29, 0.717) is 5.92 Å². The van der Waals surface area contributed by atoms with Gasteiger partial charge in [-0.25, -0.2) is 0 Å². The lowest BCUT2D eigenvalue weighted by molar-refractivity contribution is -0.123. The summed E-state index contributed by atoms with van der Waals surface area (Å²) >= 11 is 1.83. The fourth-order valence-corrected chi connectivity index (χ4v) is 1.97. The van der Waals surface area contributed by atoms with Gasteiger partial charge in [0.25, 0.3) is 0 Å². The molecule has 0 aliphatic rings. The van der Waals surface area contributed by atoms with E-state index in [4.69, 9.17) is 5.73 Å². The van der Waals surface area contributed by atoms with E-state index in [1.54, 1.807) is 0 Å². The summed E-state index contributed by atoms with van der Waals surface area (Å²) in [6, 6.07) is -0.153. The van der Waals surface area contributed by atoms with Crippen LogP contribution in [0.5, 0.6) is 0 Å². The first-order chi connectivity index (χ1) is 6.97. The molecule has 1 amide bonds. The number of carbonyl (C=O) groups is 1. The molecule has 0 saturated heterocycles. The SMILES string of the molecule is CCSCC(C)NC(=O)[C@H](N)CC(C)C. The van der Waals surface area contributed by atoms with Gasteiger partial charge in [0, 0.05) is 11.8 Å². The van der Waals surface area contributed by atoms with E-state index in [9.17, 15) is 4.79 Å². The van der Waals surface area contributed by atoms with Crippen LogP contribution in [0.4, 0.5) is 0 Å². The van der Waals surface area contributed by atoms with Gasteiger partial charge in [-0.2, -0.15) is 11.8 Å². The lowest BCUT2D eigenvalue weighted by Crippen LogP contribution is -2.45. The third-order valence-corrected chi connectivity index (χ3v) is 3.17. The van der Waals surface area contributed by atoms with Gasteiger partial charge in [0.05, 0.1) is 6.04 Å². The minimum atomic E-state index is -0.362. The van der Waals surface area contributed by atoms with Crippen LogP contribution in [0.25, 0.3) is 0 Å². The number of carbonyl (C=O) groups excluding carboxylic acids is 1. The molecule has 0 aromatic heterocycles. The molecule has 0 aliphatic carbocycles. The molecule has 90 valence electrons. The van der Waals surface area contributed by atoms with Crippen molar-refractivity contribution >= 4 is 17.7 Å². The van der Waals surface area contributed by atoms with Crippen LogP contribution in [0.3, 0.4) is 0 Å². The molecule has 0 aromatic carbocycles. The Hall–Kier alpha value is -0.220. The van der Waals surface area contributed by atoms with Crippen LogP contribution in [-0.2, 0) is 4.79 Å². The van der Waals surface area contributed by atoms with Crippen LogP contribution in [0.2, 0.25) is 0 Å². The number of rotatable bonds is 7. The molecule has 0 saturated carbocycles. The predicted octanol–water partition coefficient (Wildman–Crippen LogP) is 1.62. The molecule has 0 spiro atoms. The Morgan fingerprint density at radius 2 is 2.00 bits per heavy atom. The van der Waals surface area contributed by atoms with Crippen molar-refractivity contribution < 1.29 is 4.79 Å². The summed E-state index contributed by atoms with van der Waals surface area (Å²) in [5.74, 6) is 2.48. The van der Waals surface area contributed by atoms with Crippen molar-refractivity contribution in [2.45, 2.75) is 46.2 Å². The van der Waals surface area contributed by atoms with Gasteiger partial charge in [-0.05, 0) is 25.0 Å². The molecule has 2 atom stereocenters. The summed E-state index contributed by atoms with van der Waals surface area (Å²) in [6.45, 7) is 8.28. The van der Waals surface area contributed by atoms with Crippen molar-refractivity contribution in [3.8, 4) is 0 Å². The Labute approximate surface area is 97.6 Å². The van der Waals surface area contributed by atoms with Gasteiger partial charge in [0.1, 0.15) is 0 Å². The molecule has 4 heteroatoms. The summed E-state index contributed by atoms with van der Waals surface area (Å²) in [6.07, 6.45) is 0.749. The largest absolute Gasteiger partial charge is 0.351 e. The lowest BCUT2D eigenvalue weighted by atomic mass is 10.0. The van der Waals surface area contributed by atoms with Crippen LogP contribution < -0.4 is 11.1 Å². The van der Waals surface area contributed by atoms with Crippen molar-refractivity contribution in [3.63, 3.8) is 0 Å². The highest BCUT2D eigenvalue weighted by molar-refractivity contribution is 7.99. The topological polar surface area (TPSA) is 55.1 Å². The molecular weight excluding hydrogens is 208 g/mol. The number of hydrogen-bond donors (Lipinski definition) is 2. The van der Waals surface area contributed by atoms with E-state index in [-0.39, 0.29) is 18.0 Å². The van der Waals surface area contributed by atoms with E-state index in [1.165, 1.54) is 0 Å². The molecule has 3 N–H and O–H groups in total. The first-order valence-electron chi connectivity index (χ1n) is 5.61. The van der Waals surface area contributed by atoms with E-state index in [0.717, 1.165) is 17.9 Å². The molecule has 0 aromatic rings. The Morgan fingerprint density at radius 1 is 1.40 bits per heavy atom. The third-order valence-electron chi connectivity index (χ3n) is 2.02. The molecule has 0 aliphatic heterocycles. The van der Waals surface area contributed by atoms with Crippen molar-refractivity contribution in [2.75, 3.05) is 11.5 Å². The maximum absolute atomic E-state index is 11.6. The third kappa shape index (κ3) is 7.68. The smallest absolute Gasteiger partial charge is 0.237 e. The van der Waals surface area contributed by atoms with E-state index in [2.05, 4.69) is 26.1 Å². The van der Waals surface area contributed by atoms with Crippen LogP contribution >= 0.6 is 11.8 Å². The minimum absolute atomic E-state index is 0.0205. The molecule has 0 fully saturated rings. The summed E-state index contributed by atoms with van der Waals surface area (Å²) in [5, 5.41) is 2.94. The number of hydrogen-bond acceptors (Lipinski definition) is 3. The van der Waals surface area contributed by atoms with Gasteiger partial charge < -0.3 is 11.1 Å². The average Bonchev–Trinajstić information content (AvgIpc) is 2.13. The zero-order valence-corrected chi connectivity index (χ0v) is 11.1. The van der Waals surface area contributed by atoms with Crippen LogP contribution in [0.1, 0.15) is 34.1 Å². The Morgan fingerprint density at radius 3 is 2.47 bits per heavy atom. The molecule has 0 bridgehead atoms. The number of nitrogens with two attached hydrogens (primary N) is 1. The van der Waals surface area contributed by atoms with Crippen LogP contribution in [0.15, 0.2) is 0 Å². The Bertz CT molecular complexity index is 185. The number of amides is 1. The second-order valence-corrected chi connectivity index (χ2v) is 5.62. The second kappa shape index (κ2) is 7.99. The monoisotopic (exact) mass is 232 g/mol. The summed E-state index contributed by atoms with van der Waals surface area (Å²) in [4.78, 5) is 11.6. The van der Waals surface area contributed by atoms with Crippen molar-refractivity contribution in [2.24, 2.45) is 11.7 Å². The maximum atomic E-state index is 11.6. The van der Waals surface area contributed by atoms with Crippen molar-refractivity contribution in [3.05, 3.63) is 0 Å². The first-order valence-corrected chi connectivity index (χ1v) is 6.76. The normalized spacial score (nSPS) is 15.1. The molecule has 0 radical (unpaired) electrons. The highest BCUT2D eigenvalue weighted by Gasteiger charge is 2.16. The van der Waals surface area contributed by atoms with Gasteiger partial charge in [-0.15, -0.1) is 0 Å². The fraction of sp³-hybridized carbons (Fsp3) is 0.909. The fourth-order valence-electron chi connectivity index (χ4n) is 1.30. The average molecular weight is 232 g/mol. The maximum Gasteiger partial charge on any atom is 0.237 e. The van der Waals surface area contributed by atoms with Crippen LogP contribution in [0, 0.1) is 5.92 Å². The van der Waals surface area contributed by atoms with Crippen LogP contribution in [-0.4, -0.2) is 29.5 Å². The van der Waals surface area contributed by atoms with Gasteiger partial charge in [-0.3, -0.25) is 4.79 Å².